The van der Waals surface area contributed by atoms with Gasteiger partial charge in [0.05, 0.1) is 6.10 Å². The van der Waals surface area contributed by atoms with E-state index in [1.165, 1.54) is 11.1 Å². The van der Waals surface area contributed by atoms with E-state index in [0.717, 1.165) is 44.7 Å². The van der Waals surface area contributed by atoms with Crippen molar-refractivity contribution in [3.8, 4) is 5.75 Å². The molecule has 1 aromatic carbocycles. The summed E-state index contributed by atoms with van der Waals surface area (Å²) in [5, 5.41) is 3.43. The number of rotatable bonds is 3. The van der Waals surface area contributed by atoms with Crippen LogP contribution in [0.1, 0.15) is 63.2 Å². The number of fused-ring (bicyclic) bond motifs is 1. The molecule has 3 nitrogen and oxygen atoms in total. The molecular weight excluding hydrogens is 262 g/mol. The minimum Gasteiger partial charge on any atom is -0.487 e. The SMILES string of the molecule is CCOC1CC2(CCNCC2)Oc2ccc(C(C)C)cc21. The van der Waals surface area contributed by atoms with Gasteiger partial charge in [0, 0.05) is 18.6 Å². The summed E-state index contributed by atoms with van der Waals surface area (Å²) in [6.07, 6.45) is 3.30. The number of nitrogens with one attached hydrogen (secondary N) is 1. The van der Waals surface area contributed by atoms with E-state index in [4.69, 9.17) is 9.47 Å². The van der Waals surface area contributed by atoms with Gasteiger partial charge in [-0.05, 0) is 56.5 Å². The van der Waals surface area contributed by atoms with Crippen LogP contribution in [0, 0.1) is 0 Å². The molecule has 2 aliphatic rings. The van der Waals surface area contributed by atoms with Crippen LogP contribution in [-0.4, -0.2) is 25.3 Å². The second-order valence-electron chi connectivity index (χ2n) is 6.64. The van der Waals surface area contributed by atoms with E-state index in [1.54, 1.807) is 0 Å². The summed E-state index contributed by atoms with van der Waals surface area (Å²) in [7, 11) is 0. The Labute approximate surface area is 128 Å². The molecule has 3 heteroatoms. The fourth-order valence-electron chi connectivity index (χ4n) is 3.53. The number of benzene rings is 1. The van der Waals surface area contributed by atoms with E-state index in [9.17, 15) is 0 Å². The highest BCUT2D eigenvalue weighted by atomic mass is 16.5. The molecule has 0 saturated carbocycles. The summed E-state index contributed by atoms with van der Waals surface area (Å²) >= 11 is 0. The first kappa shape index (κ1) is 14.9. The van der Waals surface area contributed by atoms with Crippen LogP contribution in [0.4, 0.5) is 0 Å². The maximum Gasteiger partial charge on any atom is 0.125 e. The van der Waals surface area contributed by atoms with Gasteiger partial charge in [-0.15, -0.1) is 0 Å². The third-order valence-corrected chi connectivity index (χ3v) is 4.81. The van der Waals surface area contributed by atoms with E-state index >= 15 is 0 Å². The molecule has 2 aliphatic heterocycles. The smallest absolute Gasteiger partial charge is 0.125 e. The molecular formula is C18H27NO2. The van der Waals surface area contributed by atoms with Crippen molar-refractivity contribution in [2.75, 3.05) is 19.7 Å². The molecule has 1 atom stereocenters. The monoisotopic (exact) mass is 289 g/mol. The van der Waals surface area contributed by atoms with Gasteiger partial charge < -0.3 is 14.8 Å². The van der Waals surface area contributed by atoms with Gasteiger partial charge in [-0.1, -0.05) is 19.9 Å². The minimum absolute atomic E-state index is 0.0303. The molecule has 1 saturated heterocycles. The Morgan fingerprint density at radius 3 is 2.76 bits per heavy atom. The number of hydrogen-bond donors (Lipinski definition) is 1. The number of ether oxygens (including phenoxy) is 2. The Hall–Kier alpha value is -1.06. The summed E-state index contributed by atoms with van der Waals surface area (Å²) in [6.45, 7) is 9.38. The molecule has 0 amide bonds. The highest BCUT2D eigenvalue weighted by Crippen LogP contribution is 2.45. The number of hydrogen-bond acceptors (Lipinski definition) is 3. The average molecular weight is 289 g/mol. The summed E-state index contributed by atoms with van der Waals surface area (Å²) in [5.74, 6) is 1.57. The van der Waals surface area contributed by atoms with E-state index in [-0.39, 0.29) is 11.7 Å². The zero-order valence-electron chi connectivity index (χ0n) is 13.4. The van der Waals surface area contributed by atoms with Crippen LogP contribution in [0.2, 0.25) is 0 Å². The molecule has 0 bridgehead atoms. The zero-order valence-corrected chi connectivity index (χ0v) is 13.4. The molecule has 1 unspecified atom stereocenters. The molecule has 1 N–H and O–H groups in total. The third kappa shape index (κ3) is 2.95. The lowest BCUT2D eigenvalue weighted by atomic mass is 9.81. The normalized spacial score (nSPS) is 23.9. The van der Waals surface area contributed by atoms with Gasteiger partial charge in [0.2, 0.25) is 0 Å². The van der Waals surface area contributed by atoms with Crippen molar-refractivity contribution in [1.82, 2.24) is 5.32 Å². The second kappa shape index (κ2) is 5.98. The zero-order chi connectivity index (χ0) is 14.9. The van der Waals surface area contributed by atoms with E-state index < -0.39 is 0 Å². The van der Waals surface area contributed by atoms with Crippen molar-refractivity contribution in [2.24, 2.45) is 0 Å². The maximum atomic E-state index is 6.45. The first-order chi connectivity index (χ1) is 10.1. The molecule has 2 heterocycles. The van der Waals surface area contributed by atoms with Gasteiger partial charge in [-0.25, -0.2) is 0 Å². The fourth-order valence-corrected chi connectivity index (χ4v) is 3.53. The van der Waals surface area contributed by atoms with E-state index in [2.05, 4.69) is 44.3 Å². The average Bonchev–Trinajstić information content (AvgIpc) is 2.48. The van der Waals surface area contributed by atoms with Gasteiger partial charge in [0.15, 0.2) is 0 Å². The van der Waals surface area contributed by atoms with Crippen LogP contribution in [0.15, 0.2) is 18.2 Å². The molecule has 0 aromatic heterocycles. The fraction of sp³-hybridized carbons (Fsp3) is 0.667. The van der Waals surface area contributed by atoms with Crippen LogP contribution < -0.4 is 10.1 Å². The first-order valence-corrected chi connectivity index (χ1v) is 8.29. The van der Waals surface area contributed by atoms with Crippen LogP contribution in [0.5, 0.6) is 5.75 Å². The lowest BCUT2D eigenvalue weighted by Gasteiger charge is -2.44. The standard InChI is InChI=1S/C18H27NO2/c1-4-20-17-12-18(7-9-19-10-8-18)21-16-6-5-14(13(2)3)11-15(16)17/h5-6,11,13,17,19H,4,7-10,12H2,1-3H3. The van der Waals surface area contributed by atoms with Crippen molar-refractivity contribution < 1.29 is 9.47 Å². The van der Waals surface area contributed by atoms with Gasteiger partial charge >= 0.3 is 0 Å². The predicted octanol–water partition coefficient (Wildman–Crippen LogP) is 3.79. The molecule has 1 spiro atoms. The summed E-state index contributed by atoms with van der Waals surface area (Å²) in [5.41, 5.74) is 2.58. The largest absolute Gasteiger partial charge is 0.487 e. The molecule has 21 heavy (non-hydrogen) atoms. The van der Waals surface area contributed by atoms with Crippen LogP contribution in [0.25, 0.3) is 0 Å². The quantitative estimate of drug-likeness (QED) is 0.918. The highest BCUT2D eigenvalue weighted by Gasteiger charge is 2.42. The first-order valence-electron chi connectivity index (χ1n) is 8.29. The Bertz CT molecular complexity index is 492. The van der Waals surface area contributed by atoms with Gasteiger partial charge in [-0.2, -0.15) is 0 Å². The minimum atomic E-state index is -0.0303. The molecule has 0 radical (unpaired) electrons. The van der Waals surface area contributed by atoms with Crippen molar-refractivity contribution in [3.63, 3.8) is 0 Å². The van der Waals surface area contributed by atoms with Gasteiger partial charge in [0.25, 0.3) is 0 Å². The third-order valence-electron chi connectivity index (χ3n) is 4.81. The maximum absolute atomic E-state index is 6.45. The lowest BCUT2D eigenvalue weighted by molar-refractivity contribution is -0.0590. The van der Waals surface area contributed by atoms with Crippen LogP contribution >= 0.6 is 0 Å². The van der Waals surface area contributed by atoms with Crippen molar-refractivity contribution in [3.05, 3.63) is 29.3 Å². The molecule has 0 aliphatic carbocycles. The topological polar surface area (TPSA) is 30.5 Å². The molecule has 1 aromatic rings. The summed E-state index contributed by atoms with van der Waals surface area (Å²) in [4.78, 5) is 0. The van der Waals surface area contributed by atoms with E-state index in [0.29, 0.717) is 5.92 Å². The second-order valence-corrected chi connectivity index (χ2v) is 6.64. The Balaban J connectivity index is 1.94. The Morgan fingerprint density at radius 2 is 2.10 bits per heavy atom. The highest BCUT2D eigenvalue weighted by molar-refractivity contribution is 5.42. The van der Waals surface area contributed by atoms with Gasteiger partial charge in [-0.3, -0.25) is 0 Å². The molecule has 116 valence electrons. The summed E-state index contributed by atoms with van der Waals surface area (Å²) in [6, 6.07) is 6.64. The van der Waals surface area contributed by atoms with Gasteiger partial charge in [0.1, 0.15) is 11.4 Å². The van der Waals surface area contributed by atoms with Crippen LogP contribution in [-0.2, 0) is 4.74 Å². The predicted molar refractivity (Wildman–Crippen MR) is 85.0 cm³/mol. The van der Waals surface area contributed by atoms with Crippen LogP contribution in [0.3, 0.4) is 0 Å². The molecule has 1 fully saturated rings. The van der Waals surface area contributed by atoms with Crippen molar-refractivity contribution >= 4 is 0 Å². The number of piperidine rings is 1. The van der Waals surface area contributed by atoms with Crippen molar-refractivity contribution in [2.45, 2.75) is 57.7 Å². The molecule has 3 rings (SSSR count). The Kier molecular flexibility index (Phi) is 4.23. The lowest BCUT2D eigenvalue weighted by Crippen LogP contribution is -2.49. The summed E-state index contributed by atoms with van der Waals surface area (Å²) < 4.78 is 12.5. The van der Waals surface area contributed by atoms with E-state index in [1.807, 2.05) is 0 Å². The Morgan fingerprint density at radius 1 is 1.33 bits per heavy atom. The van der Waals surface area contributed by atoms with Crippen molar-refractivity contribution in [1.29, 1.82) is 0 Å².